The van der Waals surface area contributed by atoms with Crippen molar-refractivity contribution >= 4 is 23.2 Å². The number of carbonyl (C=O) groups excluding carboxylic acids is 2. The largest absolute Gasteiger partial charge is 0.342 e. The summed E-state index contributed by atoms with van der Waals surface area (Å²) in [6.07, 6.45) is 6.82. The Bertz CT molecular complexity index is 716. The molecule has 1 aromatic rings. The lowest BCUT2D eigenvalue weighted by Gasteiger charge is -2.43. The highest BCUT2D eigenvalue weighted by Crippen LogP contribution is 2.27. The first-order valence-electron chi connectivity index (χ1n) is 12.0. The Balaban J connectivity index is 1.19. The number of thiophene rings is 1. The number of hydrogen-bond acceptors (Lipinski definition) is 5. The van der Waals surface area contributed by atoms with E-state index in [0.717, 1.165) is 82.7 Å². The van der Waals surface area contributed by atoms with Gasteiger partial charge in [0.1, 0.15) is 0 Å². The number of carbonyl (C=O) groups is 2. The predicted molar refractivity (Wildman–Crippen MR) is 125 cm³/mol. The minimum absolute atomic E-state index is 0.188. The molecular weight excluding hydrogens is 408 g/mol. The van der Waals surface area contributed by atoms with E-state index in [9.17, 15) is 9.59 Å². The van der Waals surface area contributed by atoms with Crippen molar-refractivity contribution < 1.29 is 9.59 Å². The van der Waals surface area contributed by atoms with Gasteiger partial charge in [-0.25, -0.2) is 0 Å². The Labute approximate surface area is 191 Å². The van der Waals surface area contributed by atoms with Gasteiger partial charge in [0.15, 0.2) is 0 Å². The Hall–Kier alpha value is -1.44. The van der Waals surface area contributed by atoms with Crippen molar-refractivity contribution in [3.8, 4) is 0 Å². The molecule has 0 atom stereocenters. The first-order valence-corrected chi connectivity index (χ1v) is 12.9. The van der Waals surface area contributed by atoms with Gasteiger partial charge in [-0.2, -0.15) is 0 Å². The third-order valence-corrected chi connectivity index (χ3v) is 8.58. The minimum Gasteiger partial charge on any atom is -0.342 e. The van der Waals surface area contributed by atoms with Crippen LogP contribution in [0.1, 0.15) is 43.4 Å². The summed E-state index contributed by atoms with van der Waals surface area (Å²) in [5.74, 6) is 0.818. The second kappa shape index (κ2) is 10.5. The fourth-order valence-corrected chi connectivity index (χ4v) is 6.21. The van der Waals surface area contributed by atoms with Crippen LogP contribution in [0.2, 0.25) is 0 Å². The van der Waals surface area contributed by atoms with Gasteiger partial charge in [0.05, 0.1) is 6.42 Å². The van der Waals surface area contributed by atoms with Gasteiger partial charge in [-0.1, -0.05) is 6.07 Å². The van der Waals surface area contributed by atoms with Crippen LogP contribution in [0.5, 0.6) is 0 Å². The molecule has 0 bridgehead atoms. The van der Waals surface area contributed by atoms with Gasteiger partial charge in [-0.05, 0) is 83.2 Å². The average Bonchev–Trinajstić information content (AvgIpc) is 3.32. The molecule has 31 heavy (non-hydrogen) atoms. The standard InChI is InChI=1S/C24H38N4O2S/c1-25-11-7-20(8-12-25)26(2)24(30)19-5-13-27(14-6-19)21-9-15-28(16-10-21)23(29)18-22-4-3-17-31-22/h3-4,17,19-21H,5-16,18H2,1-2H3. The quantitative estimate of drug-likeness (QED) is 0.697. The van der Waals surface area contributed by atoms with Crippen LogP contribution in [0.15, 0.2) is 17.5 Å². The number of rotatable bonds is 5. The average molecular weight is 447 g/mol. The summed E-state index contributed by atoms with van der Waals surface area (Å²) in [7, 11) is 4.19. The number of likely N-dealkylation sites (tertiary alicyclic amines) is 3. The van der Waals surface area contributed by atoms with Crippen molar-refractivity contribution in [1.29, 1.82) is 0 Å². The van der Waals surface area contributed by atoms with Crippen LogP contribution >= 0.6 is 11.3 Å². The summed E-state index contributed by atoms with van der Waals surface area (Å²) in [4.78, 5) is 35.8. The van der Waals surface area contributed by atoms with Gasteiger partial charge in [0.25, 0.3) is 0 Å². The molecule has 3 saturated heterocycles. The second-order valence-electron chi connectivity index (χ2n) is 9.66. The lowest BCUT2D eigenvalue weighted by atomic mass is 9.91. The van der Waals surface area contributed by atoms with Gasteiger partial charge in [0.2, 0.25) is 11.8 Å². The van der Waals surface area contributed by atoms with Crippen molar-refractivity contribution in [2.45, 2.75) is 57.0 Å². The lowest BCUT2D eigenvalue weighted by Crippen LogP contribution is -2.51. The molecule has 3 aliphatic rings. The number of piperidine rings is 3. The molecule has 2 amide bonds. The van der Waals surface area contributed by atoms with Gasteiger partial charge in [-0.15, -0.1) is 11.3 Å². The van der Waals surface area contributed by atoms with Crippen molar-refractivity contribution in [2.75, 3.05) is 53.4 Å². The number of nitrogens with zero attached hydrogens (tertiary/aromatic N) is 4. The van der Waals surface area contributed by atoms with E-state index in [-0.39, 0.29) is 11.8 Å². The molecule has 0 unspecified atom stereocenters. The summed E-state index contributed by atoms with van der Waals surface area (Å²) >= 11 is 1.66. The first-order chi connectivity index (χ1) is 15.0. The van der Waals surface area contributed by atoms with Crippen molar-refractivity contribution in [1.82, 2.24) is 19.6 Å². The van der Waals surface area contributed by atoms with Crippen LogP contribution in [-0.4, -0.2) is 96.9 Å². The van der Waals surface area contributed by atoms with E-state index in [2.05, 4.69) is 21.7 Å². The SMILES string of the molecule is CN1CCC(N(C)C(=O)C2CCN(C3CCN(C(=O)Cc4cccs4)CC3)CC2)CC1. The van der Waals surface area contributed by atoms with E-state index in [1.807, 2.05) is 29.5 Å². The number of amides is 2. The molecule has 3 fully saturated rings. The zero-order chi connectivity index (χ0) is 21.8. The van der Waals surface area contributed by atoms with Crippen LogP contribution in [0.4, 0.5) is 0 Å². The monoisotopic (exact) mass is 446 g/mol. The molecular formula is C24H38N4O2S. The lowest BCUT2D eigenvalue weighted by molar-refractivity contribution is -0.139. The smallest absolute Gasteiger partial charge is 0.227 e. The first kappa shape index (κ1) is 22.7. The molecule has 7 heteroatoms. The predicted octanol–water partition coefficient (Wildman–Crippen LogP) is 2.55. The van der Waals surface area contributed by atoms with Gasteiger partial charge < -0.3 is 19.6 Å². The third kappa shape index (κ3) is 5.68. The molecule has 0 aromatic carbocycles. The summed E-state index contributed by atoms with van der Waals surface area (Å²) in [5.41, 5.74) is 0. The third-order valence-electron chi connectivity index (χ3n) is 7.70. The summed E-state index contributed by atoms with van der Waals surface area (Å²) in [6, 6.07) is 5.04. The fraction of sp³-hybridized carbons (Fsp3) is 0.750. The van der Waals surface area contributed by atoms with Gasteiger partial charge in [0, 0.05) is 43.0 Å². The summed E-state index contributed by atoms with van der Waals surface area (Å²) in [6.45, 7) is 5.96. The minimum atomic E-state index is 0.188. The summed E-state index contributed by atoms with van der Waals surface area (Å²) < 4.78 is 0. The Morgan fingerprint density at radius 1 is 1.00 bits per heavy atom. The van der Waals surface area contributed by atoms with Crippen molar-refractivity contribution in [3.63, 3.8) is 0 Å². The Kier molecular flexibility index (Phi) is 7.67. The van der Waals surface area contributed by atoms with E-state index in [1.54, 1.807) is 11.3 Å². The highest BCUT2D eigenvalue weighted by atomic mass is 32.1. The maximum atomic E-state index is 13.1. The van der Waals surface area contributed by atoms with E-state index < -0.39 is 0 Å². The molecule has 1 aromatic heterocycles. The fourth-order valence-electron chi connectivity index (χ4n) is 5.52. The van der Waals surface area contributed by atoms with E-state index in [4.69, 9.17) is 0 Å². The molecule has 0 saturated carbocycles. The Morgan fingerprint density at radius 2 is 1.68 bits per heavy atom. The van der Waals surface area contributed by atoms with Gasteiger partial charge >= 0.3 is 0 Å². The van der Waals surface area contributed by atoms with Crippen molar-refractivity contribution in [3.05, 3.63) is 22.4 Å². The molecule has 0 aliphatic carbocycles. The molecule has 6 nitrogen and oxygen atoms in total. The normalized spacial score (nSPS) is 23.2. The number of hydrogen-bond donors (Lipinski definition) is 0. The van der Waals surface area contributed by atoms with E-state index in [0.29, 0.717) is 24.4 Å². The molecule has 0 spiro atoms. The maximum absolute atomic E-state index is 13.1. The van der Waals surface area contributed by atoms with Gasteiger partial charge in [-0.3, -0.25) is 9.59 Å². The molecule has 4 rings (SSSR count). The molecule has 4 heterocycles. The second-order valence-corrected chi connectivity index (χ2v) is 10.7. The van der Waals surface area contributed by atoms with Crippen LogP contribution in [0.3, 0.4) is 0 Å². The highest BCUT2D eigenvalue weighted by molar-refractivity contribution is 7.10. The zero-order valence-corrected chi connectivity index (χ0v) is 20.0. The Morgan fingerprint density at radius 3 is 2.29 bits per heavy atom. The van der Waals surface area contributed by atoms with Crippen LogP contribution in [0, 0.1) is 5.92 Å². The molecule has 0 N–H and O–H groups in total. The van der Waals surface area contributed by atoms with Crippen LogP contribution in [0.25, 0.3) is 0 Å². The highest BCUT2D eigenvalue weighted by Gasteiger charge is 2.34. The van der Waals surface area contributed by atoms with Crippen molar-refractivity contribution in [2.24, 2.45) is 5.92 Å². The van der Waals surface area contributed by atoms with Crippen LogP contribution < -0.4 is 0 Å². The molecule has 0 radical (unpaired) electrons. The summed E-state index contributed by atoms with van der Waals surface area (Å²) in [5, 5.41) is 2.04. The topological polar surface area (TPSA) is 47.1 Å². The van der Waals surface area contributed by atoms with Crippen LogP contribution in [-0.2, 0) is 16.0 Å². The zero-order valence-electron chi connectivity index (χ0n) is 19.2. The molecule has 3 aliphatic heterocycles. The van der Waals surface area contributed by atoms with E-state index in [1.165, 1.54) is 0 Å². The van der Waals surface area contributed by atoms with E-state index >= 15 is 0 Å². The maximum Gasteiger partial charge on any atom is 0.227 e. The molecule has 172 valence electrons.